The number of hydrogen-bond donors (Lipinski definition) is 0. The first-order valence-corrected chi connectivity index (χ1v) is 5.81. The molecular weight excluding hydrogens is 381 g/mol. The van der Waals surface area contributed by atoms with Gasteiger partial charge in [-0.2, -0.15) is 26.3 Å². The van der Waals surface area contributed by atoms with Crippen LogP contribution in [0.3, 0.4) is 0 Å². The summed E-state index contributed by atoms with van der Waals surface area (Å²) in [6, 6.07) is -0.611. The minimum atomic E-state index is -5.53. The fraction of sp³-hybridized carbons (Fsp3) is 0.0769. The maximum Gasteiger partial charge on any atom is 0.419 e. The molecule has 25 heavy (non-hydrogen) atoms. The van der Waals surface area contributed by atoms with Gasteiger partial charge in [0.1, 0.15) is 0 Å². The van der Waals surface area contributed by atoms with Gasteiger partial charge in [-0.1, -0.05) is 0 Å². The van der Waals surface area contributed by atoms with Crippen LogP contribution < -0.4 is 4.74 Å². The summed E-state index contributed by atoms with van der Waals surface area (Å²) in [6.07, 6.45) is -5.53. The van der Waals surface area contributed by atoms with Gasteiger partial charge < -0.3 is 4.74 Å². The Morgan fingerprint density at radius 2 is 0.960 bits per heavy atom. The van der Waals surface area contributed by atoms with Crippen LogP contribution in [0.2, 0.25) is 0 Å². The van der Waals surface area contributed by atoms with Gasteiger partial charge in [-0.25, -0.2) is 22.0 Å². The van der Waals surface area contributed by atoms with Crippen molar-refractivity contribution in [2.75, 3.05) is 0 Å². The second kappa shape index (κ2) is 6.08. The lowest BCUT2D eigenvalue weighted by Crippen LogP contribution is -2.12. The van der Waals surface area contributed by atoms with Crippen LogP contribution in [0.5, 0.6) is 11.5 Å². The molecule has 0 heterocycles. The maximum absolute atomic E-state index is 13.5. The summed E-state index contributed by atoms with van der Waals surface area (Å²) in [5.41, 5.74) is -2.41. The zero-order valence-corrected chi connectivity index (χ0v) is 11.1. The van der Waals surface area contributed by atoms with E-state index in [9.17, 15) is 48.3 Å². The SMILES string of the molecule is Fc1cc(C(F)(F)F)c(F)c(F)c1Oc1c(F)c(F)c(F)c(F)c1F. The third-order valence-corrected chi connectivity index (χ3v) is 2.80. The largest absolute Gasteiger partial charge is 0.445 e. The molecule has 0 saturated heterocycles. The average molecular weight is 382 g/mol. The molecule has 0 aromatic heterocycles. The first kappa shape index (κ1) is 18.8. The van der Waals surface area contributed by atoms with E-state index in [-0.39, 0.29) is 0 Å². The minimum absolute atomic E-state index is 0.611. The summed E-state index contributed by atoms with van der Waals surface area (Å²) >= 11 is 0. The third-order valence-electron chi connectivity index (χ3n) is 2.80. The molecule has 2 aromatic rings. The number of hydrogen-bond acceptors (Lipinski definition) is 1. The van der Waals surface area contributed by atoms with E-state index >= 15 is 0 Å². The van der Waals surface area contributed by atoms with Crippen molar-refractivity contribution < 1.29 is 53.0 Å². The molecular formula is C13HF11O. The van der Waals surface area contributed by atoms with Crippen molar-refractivity contribution in [1.82, 2.24) is 0 Å². The Morgan fingerprint density at radius 3 is 1.40 bits per heavy atom. The first-order chi connectivity index (χ1) is 11.4. The molecule has 0 unspecified atom stereocenters. The van der Waals surface area contributed by atoms with Gasteiger partial charge in [-0.3, -0.25) is 0 Å². The summed E-state index contributed by atoms with van der Waals surface area (Å²) < 4.78 is 147. The molecule has 12 heteroatoms. The number of ether oxygens (including phenoxy) is 1. The fourth-order valence-corrected chi connectivity index (χ4v) is 1.65. The Labute approximate surface area is 130 Å². The molecule has 0 aliphatic heterocycles. The average Bonchev–Trinajstić information content (AvgIpc) is 2.52. The monoisotopic (exact) mass is 382 g/mol. The smallest absolute Gasteiger partial charge is 0.419 e. The van der Waals surface area contributed by atoms with E-state index in [0.29, 0.717) is 0 Å². The molecule has 2 rings (SSSR count). The highest BCUT2D eigenvalue weighted by molar-refractivity contribution is 5.39. The van der Waals surface area contributed by atoms with Crippen LogP contribution in [0.25, 0.3) is 0 Å². The Morgan fingerprint density at radius 1 is 0.560 bits per heavy atom. The van der Waals surface area contributed by atoms with Crippen LogP contribution in [0.15, 0.2) is 6.07 Å². The summed E-state index contributed by atoms with van der Waals surface area (Å²) in [6.45, 7) is 0. The van der Waals surface area contributed by atoms with Crippen LogP contribution in [0.4, 0.5) is 48.3 Å². The van der Waals surface area contributed by atoms with Crippen molar-refractivity contribution in [2.45, 2.75) is 6.18 Å². The molecule has 0 aliphatic carbocycles. The molecule has 0 amide bonds. The van der Waals surface area contributed by atoms with Crippen molar-refractivity contribution in [3.05, 3.63) is 58.2 Å². The van der Waals surface area contributed by atoms with Gasteiger partial charge >= 0.3 is 6.18 Å². The zero-order valence-electron chi connectivity index (χ0n) is 11.1. The predicted molar refractivity (Wildman–Crippen MR) is 57.6 cm³/mol. The fourth-order valence-electron chi connectivity index (χ4n) is 1.65. The molecule has 0 fully saturated rings. The Kier molecular flexibility index (Phi) is 4.57. The summed E-state index contributed by atoms with van der Waals surface area (Å²) in [7, 11) is 0. The molecule has 2 aromatic carbocycles. The van der Waals surface area contributed by atoms with Crippen LogP contribution in [0, 0.1) is 46.5 Å². The van der Waals surface area contributed by atoms with Gasteiger partial charge in [0.2, 0.25) is 46.4 Å². The zero-order chi connectivity index (χ0) is 19.3. The van der Waals surface area contributed by atoms with E-state index in [1.54, 1.807) is 0 Å². The minimum Gasteiger partial charge on any atom is -0.445 e. The quantitative estimate of drug-likeness (QED) is 0.373. The van der Waals surface area contributed by atoms with Crippen LogP contribution in [0.1, 0.15) is 5.56 Å². The number of alkyl halides is 3. The van der Waals surface area contributed by atoms with Gasteiger partial charge in [-0.15, -0.1) is 0 Å². The number of benzene rings is 2. The first-order valence-electron chi connectivity index (χ1n) is 5.81. The molecule has 0 atom stereocenters. The highest BCUT2D eigenvalue weighted by atomic mass is 19.4. The van der Waals surface area contributed by atoms with Crippen molar-refractivity contribution in [1.29, 1.82) is 0 Å². The van der Waals surface area contributed by atoms with Gasteiger partial charge in [0, 0.05) is 0 Å². The number of rotatable bonds is 2. The lowest BCUT2D eigenvalue weighted by molar-refractivity contribution is -0.140. The Hall–Kier alpha value is -2.53. The van der Waals surface area contributed by atoms with Crippen LogP contribution in [-0.2, 0) is 6.18 Å². The second-order valence-electron chi connectivity index (χ2n) is 4.36. The maximum atomic E-state index is 13.5. The molecule has 0 spiro atoms. The molecule has 136 valence electrons. The van der Waals surface area contributed by atoms with E-state index < -0.39 is 75.8 Å². The van der Waals surface area contributed by atoms with Crippen LogP contribution >= 0.6 is 0 Å². The molecule has 1 nitrogen and oxygen atoms in total. The van der Waals surface area contributed by atoms with Crippen molar-refractivity contribution >= 4 is 0 Å². The molecule has 0 N–H and O–H groups in total. The topological polar surface area (TPSA) is 9.23 Å². The van der Waals surface area contributed by atoms with Gasteiger partial charge in [0.15, 0.2) is 11.6 Å². The van der Waals surface area contributed by atoms with E-state index in [2.05, 4.69) is 4.74 Å². The van der Waals surface area contributed by atoms with E-state index in [1.165, 1.54) is 0 Å². The van der Waals surface area contributed by atoms with E-state index in [0.717, 1.165) is 0 Å². The van der Waals surface area contributed by atoms with Gasteiger partial charge in [0.25, 0.3) is 0 Å². The molecule has 0 radical (unpaired) electrons. The van der Waals surface area contributed by atoms with Crippen molar-refractivity contribution in [2.24, 2.45) is 0 Å². The lowest BCUT2D eigenvalue weighted by Gasteiger charge is -2.14. The van der Waals surface area contributed by atoms with E-state index in [4.69, 9.17) is 0 Å². The Balaban J connectivity index is 2.66. The summed E-state index contributed by atoms with van der Waals surface area (Å²) in [5, 5.41) is 0. The number of halogens is 11. The second-order valence-corrected chi connectivity index (χ2v) is 4.36. The van der Waals surface area contributed by atoms with Gasteiger partial charge in [0.05, 0.1) is 5.56 Å². The van der Waals surface area contributed by atoms with Gasteiger partial charge in [-0.05, 0) is 6.07 Å². The standard InChI is InChI=1S/C13HF11O/c14-3-1-2(13(22,23)24)4(15)8(19)11(3)25-12-9(20)6(17)5(16)7(18)10(12)21/h1H. The molecule has 0 saturated carbocycles. The highest BCUT2D eigenvalue weighted by Gasteiger charge is 2.38. The molecule has 0 bridgehead atoms. The third kappa shape index (κ3) is 3.07. The highest BCUT2D eigenvalue weighted by Crippen LogP contribution is 2.40. The van der Waals surface area contributed by atoms with Crippen molar-refractivity contribution in [3.8, 4) is 11.5 Å². The van der Waals surface area contributed by atoms with Crippen molar-refractivity contribution in [3.63, 3.8) is 0 Å². The predicted octanol–water partition coefficient (Wildman–Crippen LogP) is 5.61. The summed E-state index contributed by atoms with van der Waals surface area (Å²) in [4.78, 5) is 0. The summed E-state index contributed by atoms with van der Waals surface area (Å²) in [5.74, 6) is -25.1. The molecule has 0 aliphatic rings. The normalized spacial score (nSPS) is 11.8. The van der Waals surface area contributed by atoms with E-state index in [1.807, 2.05) is 0 Å². The lowest BCUT2D eigenvalue weighted by atomic mass is 10.1. The van der Waals surface area contributed by atoms with Crippen LogP contribution in [-0.4, -0.2) is 0 Å². The Bertz CT molecular complexity index is 828.